The molecular weight excluding hydrogens is 208 g/mol. The van der Waals surface area contributed by atoms with Gasteiger partial charge >= 0.3 is 5.97 Å². The summed E-state index contributed by atoms with van der Waals surface area (Å²) in [5.41, 5.74) is 0. The first-order chi connectivity index (χ1) is 7.42. The lowest BCUT2D eigenvalue weighted by Gasteiger charge is -2.22. The molecule has 0 aromatic rings. The van der Waals surface area contributed by atoms with Crippen LogP contribution >= 0.6 is 0 Å². The lowest BCUT2D eigenvalue weighted by Crippen LogP contribution is -2.49. The van der Waals surface area contributed by atoms with Crippen molar-refractivity contribution in [1.29, 1.82) is 0 Å². The first-order valence-electron chi connectivity index (χ1n) is 5.47. The molecule has 2 atom stereocenters. The molecule has 0 fully saturated rings. The minimum atomic E-state index is -0.481. The van der Waals surface area contributed by atoms with Crippen LogP contribution in [0.3, 0.4) is 0 Å². The van der Waals surface area contributed by atoms with Gasteiger partial charge in [0.25, 0.3) is 0 Å². The number of likely N-dealkylation sites (N-methyl/N-ethyl adjacent to an activating group) is 1. The normalized spacial score (nSPS) is 14.4. The van der Waals surface area contributed by atoms with Crippen molar-refractivity contribution in [3.05, 3.63) is 0 Å². The Morgan fingerprint density at radius 2 is 1.81 bits per heavy atom. The minimum absolute atomic E-state index is 0.107. The van der Waals surface area contributed by atoms with Gasteiger partial charge in [-0.2, -0.15) is 0 Å². The Kier molecular flexibility index (Phi) is 6.72. The van der Waals surface area contributed by atoms with E-state index in [2.05, 4.69) is 15.4 Å². The number of carbonyl (C=O) groups is 2. The van der Waals surface area contributed by atoms with Gasteiger partial charge in [-0.15, -0.1) is 0 Å². The van der Waals surface area contributed by atoms with Gasteiger partial charge in [-0.05, 0) is 19.3 Å². The zero-order valence-corrected chi connectivity index (χ0v) is 10.7. The van der Waals surface area contributed by atoms with Crippen LogP contribution in [0.2, 0.25) is 0 Å². The number of methoxy groups -OCH3 is 1. The molecule has 1 amide bonds. The smallest absolute Gasteiger partial charge is 0.322 e. The van der Waals surface area contributed by atoms with Crippen LogP contribution in [0.5, 0.6) is 0 Å². The van der Waals surface area contributed by atoms with Crippen LogP contribution < -0.4 is 10.6 Å². The van der Waals surface area contributed by atoms with E-state index >= 15 is 0 Å². The van der Waals surface area contributed by atoms with E-state index in [1.54, 1.807) is 14.0 Å². The number of hydrogen-bond donors (Lipinski definition) is 2. The molecule has 2 unspecified atom stereocenters. The number of nitrogens with one attached hydrogen (secondary N) is 2. The summed E-state index contributed by atoms with van der Waals surface area (Å²) in [7, 11) is 2.91. The highest BCUT2D eigenvalue weighted by molar-refractivity contribution is 5.83. The van der Waals surface area contributed by atoms with E-state index < -0.39 is 6.04 Å². The molecule has 0 aromatic heterocycles. The Balaban J connectivity index is 4.41. The third kappa shape index (κ3) is 5.11. The third-order valence-corrected chi connectivity index (χ3v) is 2.28. The van der Waals surface area contributed by atoms with Gasteiger partial charge in [0.2, 0.25) is 5.91 Å². The van der Waals surface area contributed by atoms with Crippen LogP contribution in [-0.2, 0) is 14.3 Å². The topological polar surface area (TPSA) is 67.4 Å². The second kappa shape index (κ2) is 7.22. The van der Waals surface area contributed by atoms with Crippen molar-refractivity contribution < 1.29 is 14.3 Å². The van der Waals surface area contributed by atoms with Crippen LogP contribution in [0.25, 0.3) is 0 Å². The predicted molar refractivity (Wildman–Crippen MR) is 61.9 cm³/mol. The van der Waals surface area contributed by atoms with Gasteiger partial charge in [0.15, 0.2) is 0 Å². The van der Waals surface area contributed by atoms with E-state index in [1.807, 2.05) is 13.8 Å². The summed E-state index contributed by atoms with van der Waals surface area (Å²) in [4.78, 5) is 22.8. The summed E-state index contributed by atoms with van der Waals surface area (Å²) < 4.78 is 4.60. The van der Waals surface area contributed by atoms with Gasteiger partial charge in [-0.3, -0.25) is 14.9 Å². The Morgan fingerprint density at radius 3 is 2.19 bits per heavy atom. The molecule has 5 heteroatoms. The van der Waals surface area contributed by atoms with E-state index in [0.717, 1.165) is 0 Å². The maximum absolute atomic E-state index is 11.6. The number of carbonyl (C=O) groups excluding carboxylic acids is 2. The molecule has 0 aliphatic heterocycles. The van der Waals surface area contributed by atoms with Crippen LogP contribution in [0.15, 0.2) is 0 Å². The number of rotatable bonds is 6. The molecule has 0 rings (SSSR count). The molecule has 0 aliphatic carbocycles. The van der Waals surface area contributed by atoms with Gasteiger partial charge in [0, 0.05) is 7.05 Å². The zero-order chi connectivity index (χ0) is 12.7. The first-order valence-corrected chi connectivity index (χ1v) is 5.47. The second-order valence-corrected chi connectivity index (χ2v) is 4.21. The molecule has 0 spiro atoms. The quantitative estimate of drug-likeness (QED) is 0.644. The minimum Gasteiger partial charge on any atom is -0.468 e. The lowest BCUT2D eigenvalue weighted by atomic mass is 10.0. The standard InChI is InChI=1S/C11H22N2O3/c1-7(2)6-9(10(14)12-4)13-8(3)11(15)16-5/h7-9,13H,6H2,1-5H3,(H,12,14). The average molecular weight is 230 g/mol. The average Bonchev–Trinajstić information content (AvgIpc) is 2.25. The van der Waals surface area contributed by atoms with Gasteiger partial charge in [0.05, 0.1) is 13.2 Å². The van der Waals surface area contributed by atoms with Crippen LogP contribution in [-0.4, -0.2) is 38.1 Å². The molecular formula is C11H22N2O3. The summed E-state index contributed by atoms with van der Waals surface area (Å²) >= 11 is 0. The van der Waals surface area contributed by atoms with Gasteiger partial charge < -0.3 is 10.1 Å². The maximum atomic E-state index is 11.6. The Morgan fingerprint density at radius 1 is 1.25 bits per heavy atom. The fourth-order valence-corrected chi connectivity index (χ4v) is 1.44. The van der Waals surface area contributed by atoms with E-state index in [9.17, 15) is 9.59 Å². The molecule has 0 radical (unpaired) electrons. The van der Waals surface area contributed by atoms with E-state index in [-0.39, 0.29) is 17.9 Å². The highest BCUT2D eigenvalue weighted by atomic mass is 16.5. The van der Waals surface area contributed by atoms with E-state index in [0.29, 0.717) is 12.3 Å². The number of esters is 1. The number of amides is 1. The van der Waals surface area contributed by atoms with Crippen molar-refractivity contribution in [2.24, 2.45) is 5.92 Å². The van der Waals surface area contributed by atoms with Crippen LogP contribution in [0, 0.1) is 5.92 Å². The monoisotopic (exact) mass is 230 g/mol. The Hall–Kier alpha value is -1.10. The van der Waals surface area contributed by atoms with Crippen molar-refractivity contribution in [3.63, 3.8) is 0 Å². The Bertz CT molecular complexity index is 241. The highest BCUT2D eigenvalue weighted by Gasteiger charge is 2.23. The van der Waals surface area contributed by atoms with Crippen molar-refractivity contribution in [3.8, 4) is 0 Å². The maximum Gasteiger partial charge on any atom is 0.322 e. The third-order valence-electron chi connectivity index (χ3n) is 2.28. The van der Waals surface area contributed by atoms with Gasteiger partial charge in [-0.1, -0.05) is 13.8 Å². The summed E-state index contributed by atoms with van der Waals surface area (Å²) in [6, 6.07) is -0.842. The number of hydrogen-bond acceptors (Lipinski definition) is 4. The molecule has 0 heterocycles. The van der Waals surface area contributed by atoms with Crippen molar-refractivity contribution in [1.82, 2.24) is 10.6 Å². The molecule has 2 N–H and O–H groups in total. The molecule has 0 aromatic carbocycles. The van der Waals surface area contributed by atoms with Crippen LogP contribution in [0.4, 0.5) is 0 Å². The van der Waals surface area contributed by atoms with Crippen molar-refractivity contribution in [2.75, 3.05) is 14.2 Å². The second-order valence-electron chi connectivity index (χ2n) is 4.21. The molecule has 0 bridgehead atoms. The molecule has 16 heavy (non-hydrogen) atoms. The SMILES string of the molecule is CNC(=O)C(CC(C)C)NC(C)C(=O)OC. The molecule has 0 saturated carbocycles. The molecule has 5 nitrogen and oxygen atoms in total. The van der Waals surface area contributed by atoms with Gasteiger partial charge in [-0.25, -0.2) is 0 Å². The summed E-state index contributed by atoms with van der Waals surface area (Å²) in [6.07, 6.45) is 0.682. The summed E-state index contributed by atoms with van der Waals surface area (Å²) in [5, 5.41) is 5.54. The predicted octanol–water partition coefficient (Wildman–Crippen LogP) is 0.298. The molecule has 0 aliphatic rings. The van der Waals surface area contributed by atoms with E-state index in [1.165, 1.54) is 7.11 Å². The fraction of sp³-hybridized carbons (Fsp3) is 0.818. The van der Waals surface area contributed by atoms with Gasteiger partial charge in [0.1, 0.15) is 6.04 Å². The molecule has 0 saturated heterocycles. The zero-order valence-electron chi connectivity index (χ0n) is 10.7. The number of ether oxygens (including phenoxy) is 1. The molecule has 94 valence electrons. The first kappa shape index (κ1) is 14.9. The van der Waals surface area contributed by atoms with Crippen molar-refractivity contribution in [2.45, 2.75) is 39.3 Å². The Labute approximate surface area is 96.9 Å². The van der Waals surface area contributed by atoms with Crippen molar-refractivity contribution >= 4 is 11.9 Å². The largest absolute Gasteiger partial charge is 0.468 e. The summed E-state index contributed by atoms with van der Waals surface area (Å²) in [5.74, 6) is -0.0956. The lowest BCUT2D eigenvalue weighted by molar-refractivity contribution is -0.143. The summed E-state index contributed by atoms with van der Waals surface area (Å²) in [6.45, 7) is 5.74. The highest BCUT2D eigenvalue weighted by Crippen LogP contribution is 2.06. The fourth-order valence-electron chi connectivity index (χ4n) is 1.44. The van der Waals surface area contributed by atoms with E-state index in [4.69, 9.17) is 0 Å². The van der Waals surface area contributed by atoms with Crippen LogP contribution in [0.1, 0.15) is 27.2 Å².